The highest BCUT2D eigenvalue weighted by Crippen LogP contribution is 2.21. The summed E-state index contributed by atoms with van der Waals surface area (Å²) in [6.07, 6.45) is 1.24. The molecule has 0 amide bonds. The molecule has 84 valence electrons. The number of aliphatic hydroxyl groups is 1. The number of anilines is 1. The molecule has 1 aromatic heterocycles. The fourth-order valence-electron chi connectivity index (χ4n) is 1.53. The number of aryl methyl sites for hydroxylation is 1. The topological polar surface area (TPSA) is 72.0 Å². The maximum absolute atomic E-state index is 8.75. The number of rotatable bonds is 3. The van der Waals surface area contributed by atoms with E-state index in [1.165, 1.54) is 0 Å². The number of benzene rings is 1. The molecule has 16 heavy (non-hydrogen) atoms. The summed E-state index contributed by atoms with van der Waals surface area (Å²) in [7, 11) is 0. The van der Waals surface area contributed by atoms with Crippen molar-refractivity contribution in [3.63, 3.8) is 0 Å². The molecule has 2 rings (SSSR count). The van der Waals surface area contributed by atoms with E-state index in [0.717, 1.165) is 10.9 Å². The lowest BCUT2D eigenvalue weighted by Gasteiger charge is -2.04. The number of fused-ring (bicyclic) bond motifs is 1. The van der Waals surface area contributed by atoms with Crippen LogP contribution in [-0.2, 0) is 6.42 Å². The summed E-state index contributed by atoms with van der Waals surface area (Å²) < 4.78 is 0. The molecule has 4 nitrogen and oxygen atoms in total. The second-order valence-electron chi connectivity index (χ2n) is 3.51. The van der Waals surface area contributed by atoms with Crippen LogP contribution in [0.2, 0.25) is 5.02 Å². The number of nitrogens with zero attached hydrogens (tertiary/aromatic N) is 2. The van der Waals surface area contributed by atoms with Gasteiger partial charge in [-0.2, -0.15) is 0 Å². The summed E-state index contributed by atoms with van der Waals surface area (Å²) >= 11 is 5.89. The minimum absolute atomic E-state index is 0.122. The fraction of sp³-hybridized carbons (Fsp3) is 0.273. The Morgan fingerprint density at radius 3 is 2.88 bits per heavy atom. The van der Waals surface area contributed by atoms with E-state index in [1.807, 2.05) is 6.07 Å². The molecule has 0 aliphatic rings. The normalized spacial score (nSPS) is 10.9. The Morgan fingerprint density at radius 1 is 1.31 bits per heavy atom. The van der Waals surface area contributed by atoms with E-state index in [-0.39, 0.29) is 6.61 Å². The largest absolute Gasteiger partial charge is 0.396 e. The van der Waals surface area contributed by atoms with Gasteiger partial charge in [0.15, 0.2) is 0 Å². The maximum Gasteiger partial charge on any atom is 0.135 e. The lowest BCUT2D eigenvalue weighted by atomic mass is 10.2. The highest BCUT2D eigenvalue weighted by atomic mass is 35.5. The molecule has 1 aromatic carbocycles. The van der Waals surface area contributed by atoms with Gasteiger partial charge in [-0.05, 0) is 24.6 Å². The van der Waals surface area contributed by atoms with Crippen molar-refractivity contribution < 1.29 is 5.11 Å². The van der Waals surface area contributed by atoms with Crippen molar-refractivity contribution in [1.29, 1.82) is 0 Å². The summed E-state index contributed by atoms with van der Waals surface area (Å²) in [6, 6.07) is 5.33. The van der Waals surface area contributed by atoms with Gasteiger partial charge in [-0.25, -0.2) is 9.97 Å². The number of nitrogen functional groups attached to an aromatic ring is 1. The average Bonchev–Trinajstić information content (AvgIpc) is 2.25. The van der Waals surface area contributed by atoms with Crippen molar-refractivity contribution in [3.05, 3.63) is 29.0 Å². The van der Waals surface area contributed by atoms with E-state index in [9.17, 15) is 0 Å². The lowest BCUT2D eigenvalue weighted by Crippen LogP contribution is -2.02. The summed E-state index contributed by atoms with van der Waals surface area (Å²) in [4.78, 5) is 8.53. The van der Waals surface area contributed by atoms with Crippen molar-refractivity contribution in [1.82, 2.24) is 9.97 Å². The van der Waals surface area contributed by atoms with Crippen LogP contribution in [0.3, 0.4) is 0 Å². The van der Waals surface area contributed by atoms with Gasteiger partial charge < -0.3 is 10.8 Å². The Morgan fingerprint density at radius 2 is 2.12 bits per heavy atom. The minimum atomic E-state index is 0.122. The molecule has 0 unspecified atom stereocenters. The summed E-state index contributed by atoms with van der Waals surface area (Å²) in [5.74, 6) is 1.09. The van der Waals surface area contributed by atoms with E-state index in [1.54, 1.807) is 12.1 Å². The number of aliphatic hydroxyl groups excluding tert-OH is 1. The van der Waals surface area contributed by atoms with Gasteiger partial charge in [0.2, 0.25) is 0 Å². The Labute approximate surface area is 98.1 Å². The minimum Gasteiger partial charge on any atom is -0.396 e. The molecule has 1 heterocycles. The van der Waals surface area contributed by atoms with E-state index in [0.29, 0.717) is 29.5 Å². The van der Waals surface area contributed by atoms with Gasteiger partial charge in [0.25, 0.3) is 0 Å². The molecule has 0 saturated heterocycles. The first-order valence-corrected chi connectivity index (χ1v) is 5.41. The third kappa shape index (κ3) is 2.23. The van der Waals surface area contributed by atoms with Crippen LogP contribution in [0, 0.1) is 0 Å². The van der Waals surface area contributed by atoms with E-state index in [2.05, 4.69) is 9.97 Å². The molecular formula is C11H12ClN3O. The zero-order valence-electron chi connectivity index (χ0n) is 8.65. The van der Waals surface area contributed by atoms with Gasteiger partial charge in [0.05, 0.1) is 5.52 Å². The van der Waals surface area contributed by atoms with Gasteiger partial charge >= 0.3 is 0 Å². The van der Waals surface area contributed by atoms with Crippen molar-refractivity contribution in [2.75, 3.05) is 12.3 Å². The van der Waals surface area contributed by atoms with Crippen molar-refractivity contribution >= 4 is 28.3 Å². The Hall–Kier alpha value is -1.39. The Kier molecular flexibility index (Phi) is 3.22. The fourth-order valence-corrected chi connectivity index (χ4v) is 1.69. The highest BCUT2D eigenvalue weighted by molar-refractivity contribution is 6.31. The second kappa shape index (κ2) is 4.63. The third-order valence-corrected chi connectivity index (χ3v) is 2.53. The molecule has 0 bridgehead atoms. The summed E-state index contributed by atoms with van der Waals surface area (Å²) in [6.45, 7) is 0.122. The monoisotopic (exact) mass is 237 g/mol. The van der Waals surface area contributed by atoms with Crippen molar-refractivity contribution in [2.45, 2.75) is 12.8 Å². The first-order valence-electron chi connectivity index (χ1n) is 5.03. The third-order valence-electron chi connectivity index (χ3n) is 2.29. The number of hydrogen-bond donors (Lipinski definition) is 2. The van der Waals surface area contributed by atoms with Crippen LogP contribution in [0.5, 0.6) is 0 Å². The first kappa shape index (κ1) is 11.1. The average molecular weight is 238 g/mol. The molecular weight excluding hydrogens is 226 g/mol. The summed E-state index contributed by atoms with van der Waals surface area (Å²) in [5.41, 5.74) is 6.57. The lowest BCUT2D eigenvalue weighted by molar-refractivity contribution is 0.287. The molecule has 0 fully saturated rings. The van der Waals surface area contributed by atoms with Crippen LogP contribution >= 0.6 is 11.6 Å². The molecule has 0 spiro atoms. The zero-order valence-corrected chi connectivity index (χ0v) is 9.41. The van der Waals surface area contributed by atoms with Gasteiger partial charge in [-0.15, -0.1) is 0 Å². The Balaban J connectivity index is 2.47. The number of halogens is 1. The molecule has 2 aromatic rings. The SMILES string of the molecule is Nc1nc(CCCO)nc2cc(Cl)ccc12. The molecule has 0 aliphatic carbocycles. The van der Waals surface area contributed by atoms with Gasteiger partial charge in [0, 0.05) is 23.4 Å². The quantitative estimate of drug-likeness (QED) is 0.854. The first-order chi connectivity index (χ1) is 7.70. The van der Waals surface area contributed by atoms with Crippen molar-refractivity contribution in [2.24, 2.45) is 0 Å². The van der Waals surface area contributed by atoms with Crippen LogP contribution < -0.4 is 5.73 Å². The van der Waals surface area contributed by atoms with E-state index < -0.39 is 0 Å². The molecule has 0 radical (unpaired) electrons. The highest BCUT2D eigenvalue weighted by Gasteiger charge is 2.05. The summed E-state index contributed by atoms with van der Waals surface area (Å²) in [5, 5.41) is 10.2. The van der Waals surface area contributed by atoms with Crippen LogP contribution in [0.4, 0.5) is 5.82 Å². The van der Waals surface area contributed by atoms with Crippen LogP contribution in [0.15, 0.2) is 18.2 Å². The molecule has 0 saturated carbocycles. The van der Waals surface area contributed by atoms with Crippen molar-refractivity contribution in [3.8, 4) is 0 Å². The van der Waals surface area contributed by atoms with Crippen LogP contribution in [-0.4, -0.2) is 21.7 Å². The van der Waals surface area contributed by atoms with E-state index in [4.69, 9.17) is 22.4 Å². The predicted octanol–water partition coefficient (Wildman–Crippen LogP) is 1.79. The predicted molar refractivity (Wildman–Crippen MR) is 64.4 cm³/mol. The molecule has 0 atom stereocenters. The molecule has 0 aliphatic heterocycles. The van der Waals surface area contributed by atoms with E-state index >= 15 is 0 Å². The number of hydrogen-bond acceptors (Lipinski definition) is 4. The number of aromatic nitrogens is 2. The molecule has 5 heteroatoms. The van der Waals surface area contributed by atoms with Gasteiger partial charge in [-0.3, -0.25) is 0 Å². The standard InChI is InChI=1S/C11H12ClN3O/c12-7-3-4-8-9(6-7)14-10(2-1-5-16)15-11(8)13/h3-4,6,16H,1-2,5H2,(H2,13,14,15). The number of nitrogens with two attached hydrogens (primary N) is 1. The van der Waals surface area contributed by atoms with Crippen LogP contribution in [0.25, 0.3) is 10.9 Å². The smallest absolute Gasteiger partial charge is 0.135 e. The maximum atomic E-state index is 8.75. The Bertz CT molecular complexity index is 516. The second-order valence-corrected chi connectivity index (χ2v) is 3.95. The zero-order chi connectivity index (χ0) is 11.5. The van der Waals surface area contributed by atoms with Gasteiger partial charge in [-0.1, -0.05) is 11.6 Å². The van der Waals surface area contributed by atoms with Crippen LogP contribution in [0.1, 0.15) is 12.2 Å². The molecule has 3 N–H and O–H groups in total. The van der Waals surface area contributed by atoms with Gasteiger partial charge in [0.1, 0.15) is 11.6 Å².